The first-order valence-corrected chi connectivity index (χ1v) is 7.28. The van der Waals surface area contributed by atoms with Crippen molar-refractivity contribution in [2.24, 2.45) is 0 Å². The third kappa shape index (κ3) is 3.55. The van der Waals surface area contributed by atoms with Crippen molar-refractivity contribution in [3.8, 4) is 17.2 Å². The van der Waals surface area contributed by atoms with E-state index in [1.54, 1.807) is 36.4 Å². The standard InChI is InChI=1S/C19H20O3/c1-4-13(2)12-16-17(21)9-7-11-19(16)22-18-10-6-5-8-15(18)14(3)20/h5-11,21H,2,4,12H2,1,3H3. The van der Waals surface area contributed by atoms with Crippen LogP contribution >= 0.6 is 0 Å². The molecule has 0 amide bonds. The lowest BCUT2D eigenvalue weighted by Crippen LogP contribution is -1.99. The lowest BCUT2D eigenvalue weighted by Gasteiger charge is -2.15. The molecule has 1 N–H and O–H groups in total. The molecule has 114 valence electrons. The van der Waals surface area contributed by atoms with E-state index in [0.717, 1.165) is 12.0 Å². The van der Waals surface area contributed by atoms with Crippen LogP contribution in [0.3, 0.4) is 0 Å². The fraction of sp³-hybridized carbons (Fsp3) is 0.211. The first kappa shape index (κ1) is 15.8. The molecule has 0 spiro atoms. The minimum Gasteiger partial charge on any atom is -0.508 e. The smallest absolute Gasteiger partial charge is 0.163 e. The molecule has 22 heavy (non-hydrogen) atoms. The van der Waals surface area contributed by atoms with Crippen LogP contribution in [0.2, 0.25) is 0 Å². The number of hydrogen-bond acceptors (Lipinski definition) is 3. The van der Waals surface area contributed by atoms with Crippen molar-refractivity contribution in [3.05, 3.63) is 65.7 Å². The quantitative estimate of drug-likeness (QED) is 0.609. The Morgan fingerprint density at radius 2 is 1.82 bits per heavy atom. The summed E-state index contributed by atoms with van der Waals surface area (Å²) >= 11 is 0. The van der Waals surface area contributed by atoms with E-state index in [1.807, 2.05) is 13.0 Å². The highest BCUT2D eigenvalue weighted by Crippen LogP contribution is 2.34. The van der Waals surface area contributed by atoms with Crippen LogP contribution in [0.25, 0.3) is 0 Å². The topological polar surface area (TPSA) is 46.5 Å². The number of carbonyl (C=O) groups excluding carboxylic acids is 1. The molecule has 3 nitrogen and oxygen atoms in total. The molecule has 0 aliphatic rings. The van der Waals surface area contributed by atoms with Gasteiger partial charge in [0.15, 0.2) is 5.78 Å². The number of hydrogen-bond donors (Lipinski definition) is 1. The van der Waals surface area contributed by atoms with Crippen LogP contribution in [0.5, 0.6) is 17.2 Å². The van der Waals surface area contributed by atoms with Crippen LogP contribution in [0.1, 0.15) is 36.2 Å². The number of ether oxygens (including phenoxy) is 1. The molecule has 2 aromatic rings. The van der Waals surface area contributed by atoms with Crippen LogP contribution in [0, 0.1) is 0 Å². The summed E-state index contributed by atoms with van der Waals surface area (Å²) < 4.78 is 5.91. The van der Waals surface area contributed by atoms with Crippen molar-refractivity contribution in [1.29, 1.82) is 0 Å². The molecule has 0 radical (unpaired) electrons. The Morgan fingerprint density at radius 3 is 2.50 bits per heavy atom. The van der Waals surface area contributed by atoms with Gasteiger partial charge in [0.1, 0.15) is 17.2 Å². The first-order valence-electron chi connectivity index (χ1n) is 7.28. The molecule has 0 saturated carbocycles. The highest BCUT2D eigenvalue weighted by Gasteiger charge is 2.14. The van der Waals surface area contributed by atoms with Gasteiger partial charge >= 0.3 is 0 Å². The summed E-state index contributed by atoms with van der Waals surface area (Å²) in [6, 6.07) is 12.2. The Kier molecular flexibility index (Phi) is 4.99. The molecule has 0 unspecified atom stereocenters. The average Bonchev–Trinajstić information content (AvgIpc) is 2.50. The number of phenols is 1. The summed E-state index contributed by atoms with van der Waals surface area (Å²) in [6.07, 6.45) is 1.37. The zero-order chi connectivity index (χ0) is 16.1. The number of carbonyl (C=O) groups is 1. The largest absolute Gasteiger partial charge is 0.508 e. The van der Waals surface area contributed by atoms with E-state index in [-0.39, 0.29) is 11.5 Å². The monoisotopic (exact) mass is 296 g/mol. The Bertz CT molecular complexity index is 702. The maximum Gasteiger partial charge on any atom is 0.163 e. The van der Waals surface area contributed by atoms with Crippen molar-refractivity contribution in [3.63, 3.8) is 0 Å². The van der Waals surface area contributed by atoms with Crippen molar-refractivity contribution in [1.82, 2.24) is 0 Å². The lowest BCUT2D eigenvalue weighted by atomic mass is 10.0. The first-order chi connectivity index (χ1) is 10.5. The van der Waals surface area contributed by atoms with E-state index >= 15 is 0 Å². The van der Waals surface area contributed by atoms with E-state index in [1.165, 1.54) is 6.92 Å². The predicted octanol–water partition coefficient (Wildman–Crippen LogP) is 4.90. The predicted molar refractivity (Wildman–Crippen MR) is 87.8 cm³/mol. The average molecular weight is 296 g/mol. The van der Waals surface area contributed by atoms with E-state index in [9.17, 15) is 9.90 Å². The molecule has 0 atom stereocenters. The van der Waals surface area contributed by atoms with Gasteiger partial charge in [-0.3, -0.25) is 4.79 Å². The summed E-state index contributed by atoms with van der Waals surface area (Å²) in [5, 5.41) is 10.1. The van der Waals surface area contributed by atoms with Gasteiger partial charge in [0, 0.05) is 12.0 Å². The molecular formula is C19H20O3. The second-order valence-electron chi connectivity index (χ2n) is 5.19. The van der Waals surface area contributed by atoms with Gasteiger partial charge in [-0.2, -0.15) is 0 Å². The summed E-state index contributed by atoms with van der Waals surface area (Å²) in [4.78, 5) is 11.7. The van der Waals surface area contributed by atoms with Gasteiger partial charge in [0.2, 0.25) is 0 Å². The number of ketones is 1. The molecule has 0 aliphatic heterocycles. The van der Waals surface area contributed by atoms with Crippen molar-refractivity contribution in [2.75, 3.05) is 0 Å². The van der Waals surface area contributed by atoms with Crippen molar-refractivity contribution >= 4 is 5.78 Å². The number of rotatable bonds is 6. The molecule has 0 aliphatic carbocycles. The van der Waals surface area contributed by atoms with Crippen LogP contribution < -0.4 is 4.74 Å². The maximum absolute atomic E-state index is 11.7. The maximum atomic E-state index is 11.7. The molecule has 0 aromatic heterocycles. The molecule has 0 heterocycles. The minimum atomic E-state index is -0.0599. The van der Waals surface area contributed by atoms with E-state index < -0.39 is 0 Å². The van der Waals surface area contributed by atoms with Crippen molar-refractivity contribution < 1.29 is 14.6 Å². The Labute approximate surface area is 130 Å². The Hall–Kier alpha value is -2.55. The number of phenolic OH excluding ortho intramolecular Hbond substituents is 1. The summed E-state index contributed by atoms with van der Waals surface area (Å²) in [6.45, 7) is 7.51. The van der Waals surface area contributed by atoms with E-state index in [4.69, 9.17) is 4.74 Å². The number of aromatic hydroxyl groups is 1. The SMILES string of the molecule is C=C(CC)Cc1c(O)cccc1Oc1ccccc1C(C)=O. The summed E-state index contributed by atoms with van der Waals surface area (Å²) in [5.41, 5.74) is 2.21. The molecule has 3 heteroatoms. The molecule has 0 bridgehead atoms. The van der Waals surface area contributed by atoms with Crippen LogP contribution in [0.15, 0.2) is 54.6 Å². The zero-order valence-electron chi connectivity index (χ0n) is 12.9. The molecular weight excluding hydrogens is 276 g/mol. The van der Waals surface area contributed by atoms with E-state index in [0.29, 0.717) is 29.0 Å². The van der Waals surface area contributed by atoms with E-state index in [2.05, 4.69) is 6.58 Å². The Balaban J connectivity index is 2.40. The van der Waals surface area contributed by atoms with Crippen LogP contribution in [-0.4, -0.2) is 10.9 Å². The van der Waals surface area contributed by atoms with Crippen molar-refractivity contribution in [2.45, 2.75) is 26.7 Å². The molecule has 0 fully saturated rings. The highest BCUT2D eigenvalue weighted by atomic mass is 16.5. The summed E-state index contributed by atoms with van der Waals surface area (Å²) in [7, 11) is 0. The van der Waals surface area contributed by atoms with Crippen LogP contribution in [0.4, 0.5) is 0 Å². The van der Waals surface area contributed by atoms with Gasteiger partial charge in [0.05, 0.1) is 5.56 Å². The lowest BCUT2D eigenvalue weighted by molar-refractivity contribution is 0.101. The fourth-order valence-corrected chi connectivity index (χ4v) is 2.17. The van der Waals surface area contributed by atoms with Gasteiger partial charge in [0.25, 0.3) is 0 Å². The second kappa shape index (κ2) is 6.94. The van der Waals surface area contributed by atoms with Gasteiger partial charge in [-0.25, -0.2) is 0 Å². The molecule has 2 rings (SSSR count). The van der Waals surface area contributed by atoms with Gasteiger partial charge in [-0.1, -0.05) is 37.3 Å². The number of benzene rings is 2. The number of Topliss-reactive ketones (excluding diaryl/α,β-unsaturated/α-hetero) is 1. The fourth-order valence-electron chi connectivity index (χ4n) is 2.17. The minimum absolute atomic E-state index is 0.0599. The van der Waals surface area contributed by atoms with Crippen LogP contribution in [-0.2, 0) is 6.42 Å². The van der Waals surface area contributed by atoms with Gasteiger partial charge in [-0.05, 0) is 37.6 Å². The third-order valence-corrected chi connectivity index (χ3v) is 3.52. The summed E-state index contributed by atoms with van der Waals surface area (Å²) in [5.74, 6) is 1.15. The third-order valence-electron chi connectivity index (χ3n) is 3.52. The highest BCUT2D eigenvalue weighted by molar-refractivity contribution is 5.96. The van der Waals surface area contributed by atoms with Gasteiger partial charge in [-0.15, -0.1) is 0 Å². The zero-order valence-corrected chi connectivity index (χ0v) is 12.9. The normalized spacial score (nSPS) is 10.3. The Morgan fingerprint density at radius 1 is 1.14 bits per heavy atom. The van der Waals surface area contributed by atoms with Gasteiger partial charge < -0.3 is 9.84 Å². The number of allylic oxidation sites excluding steroid dienone is 1. The number of para-hydroxylation sites is 1. The molecule has 0 saturated heterocycles. The second-order valence-corrected chi connectivity index (χ2v) is 5.19. The molecule has 2 aromatic carbocycles.